The van der Waals surface area contributed by atoms with E-state index in [-0.39, 0.29) is 5.91 Å². The molecule has 1 N–H and O–H groups in total. The van der Waals surface area contributed by atoms with Crippen molar-refractivity contribution in [2.24, 2.45) is 0 Å². The molecule has 4 rings (SSSR count). The summed E-state index contributed by atoms with van der Waals surface area (Å²) in [5.41, 5.74) is 3.69. The number of pyridine rings is 1. The van der Waals surface area contributed by atoms with Crippen molar-refractivity contribution >= 4 is 29.2 Å². The van der Waals surface area contributed by atoms with Crippen LogP contribution in [0.25, 0.3) is 11.7 Å². The quantitative estimate of drug-likeness (QED) is 0.688. The Bertz CT molecular complexity index is 1020. The van der Waals surface area contributed by atoms with Gasteiger partial charge in [-0.05, 0) is 42.0 Å². The number of nitrogens with zero attached hydrogens (tertiary/aromatic N) is 2. The molecule has 3 aromatic rings. The standard InChI is InChI=1S/C21H18ClN3O2/c22-17-5-6-19-16(12-17)11-15(14-27-19)4-7-21(26)23-9-8-18-13-25-10-2-1-3-20(25)24-18/h1-7,10-13H,8-9,14H2,(H,23,26)/b7-4-. The number of benzene rings is 1. The van der Waals surface area contributed by atoms with Crippen LogP contribution in [0.5, 0.6) is 5.75 Å². The van der Waals surface area contributed by atoms with E-state index in [0.29, 0.717) is 24.6 Å². The molecule has 1 aromatic carbocycles. The molecule has 1 amide bonds. The fourth-order valence-electron chi connectivity index (χ4n) is 2.93. The van der Waals surface area contributed by atoms with Crippen LogP contribution in [0.15, 0.2) is 66.5 Å². The van der Waals surface area contributed by atoms with E-state index in [4.69, 9.17) is 16.3 Å². The van der Waals surface area contributed by atoms with Gasteiger partial charge in [0.25, 0.3) is 0 Å². The molecule has 0 saturated carbocycles. The summed E-state index contributed by atoms with van der Waals surface area (Å²) in [4.78, 5) is 16.5. The zero-order chi connectivity index (χ0) is 18.6. The molecule has 27 heavy (non-hydrogen) atoms. The van der Waals surface area contributed by atoms with Gasteiger partial charge in [-0.1, -0.05) is 23.7 Å². The maximum Gasteiger partial charge on any atom is 0.244 e. The second kappa shape index (κ2) is 7.68. The predicted octanol–water partition coefficient (Wildman–Crippen LogP) is 3.68. The van der Waals surface area contributed by atoms with Gasteiger partial charge in [-0.2, -0.15) is 0 Å². The summed E-state index contributed by atoms with van der Waals surface area (Å²) in [6.07, 6.45) is 9.88. The highest BCUT2D eigenvalue weighted by molar-refractivity contribution is 6.30. The van der Waals surface area contributed by atoms with Crippen molar-refractivity contribution in [2.45, 2.75) is 6.42 Å². The van der Waals surface area contributed by atoms with Gasteiger partial charge in [0.1, 0.15) is 18.0 Å². The van der Waals surface area contributed by atoms with Crippen molar-refractivity contribution in [1.82, 2.24) is 14.7 Å². The Kier molecular flexibility index (Phi) is 4.94. The number of ether oxygens (including phenoxy) is 1. The molecule has 0 bridgehead atoms. The number of halogens is 1. The first-order valence-electron chi connectivity index (χ1n) is 8.69. The van der Waals surface area contributed by atoms with Gasteiger partial charge in [0.2, 0.25) is 5.91 Å². The number of carbonyl (C=O) groups is 1. The minimum Gasteiger partial charge on any atom is -0.488 e. The van der Waals surface area contributed by atoms with E-state index in [1.165, 1.54) is 6.08 Å². The molecule has 3 heterocycles. The Morgan fingerprint density at radius 2 is 2.26 bits per heavy atom. The average molecular weight is 380 g/mol. The highest BCUT2D eigenvalue weighted by Crippen LogP contribution is 2.29. The maximum atomic E-state index is 12.0. The first kappa shape index (κ1) is 17.4. The summed E-state index contributed by atoms with van der Waals surface area (Å²) >= 11 is 6.01. The summed E-state index contributed by atoms with van der Waals surface area (Å²) in [5.74, 6) is 0.657. The molecule has 2 aromatic heterocycles. The summed E-state index contributed by atoms with van der Waals surface area (Å²) in [7, 11) is 0. The molecule has 1 aliphatic rings. The molecule has 6 heteroatoms. The number of fused-ring (bicyclic) bond motifs is 2. The number of hydrogen-bond donors (Lipinski definition) is 1. The Labute approximate surface area is 161 Å². The van der Waals surface area contributed by atoms with Crippen LogP contribution in [0.1, 0.15) is 11.3 Å². The number of amides is 1. The van der Waals surface area contributed by atoms with Crippen LogP contribution in [0.4, 0.5) is 0 Å². The normalized spacial score (nSPS) is 13.3. The fourth-order valence-corrected chi connectivity index (χ4v) is 3.11. The van der Waals surface area contributed by atoms with Gasteiger partial charge in [0, 0.05) is 42.0 Å². The molecule has 0 aliphatic carbocycles. The molecule has 0 fully saturated rings. The zero-order valence-electron chi connectivity index (χ0n) is 14.6. The van der Waals surface area contributed by atoms with E-state index < -0.39 is 0 Å². The molecule has 0 radical (unpaired) electrons. The van der Waals surface area contributed by atoms with Crippen molar-refractivity contribution in [1.29, 1.82) is 0 Å². The zero-order valence-corrected chi connectivity index (χ0v) is 15.3. The average Bonchev–Trinajstić information content (AvgIpc) is 3.08. The van der Waals surface area contributed by atoms with Gasteiger partial charge < -0.3 is 14.5 Å². The maximum absolute atomic E-state index is 12.0. The first-order valence-corrected chi connectivity index (χ1v) is 9.07. The third-order valence-electron chi connectivity index (χ3n) is 4.25. The minimum atomic E-state index is -0.142. The van der Waals surface area contributed by atoms with E-state index in [1.807, 2.05) is 53.2 Å². The number of aromatic nitrogens is 2. The number of imidazole rings is 1. The van der Waals surface area contributed by atoms with E-state index in [2.05, 4.69) is 10.3 Å². The van der Waals surface area contributed by atoms with Crippen molar-refractivity contribution in [3.8, 4) is 5.75 Å². The van der Waals surface area contributed by atoms with E-state index in [0.717, 1.165) is 28.2 Å². The van der Waals surface area contributed by atoms with Crippen molar-refractivity contribution < 1.29 is 9.53 Å². The smallest absolute Gasteiger partial charge is 0.244 e. The molecule has 0 atom stereocenters. The largest absolute Gasteiger partial charge is 0.488 e. The van der Waals surface area contributed by atoms with Crippen LogP contribution < -0.4 is 10.1 Å². The topological polar surface area (TPSA) is 55.6 Å². The second-order valence-electron chi connectivity index (χ2n) is 6.26. The third-order valence-corrected chi connectivity index (χ3v) is 4.49. The molecule has 5 nitrogen and oxygen atoms in total. The third kappa shape index (κ3) is 4.20. The lowest BCUT2D eigenvalue weighted by Crippen LogP contribution is -2.23. The van der Waals surface area contributed by atoms with Crippen molar-refractivity contribution in [3.63, 3.8) is 0 Å². The van der Waals surface area contributed by atoms with Gasteiger partial charge in [-0.25, -0.2) is 4.98 Å². The predicted molar refractivity (Wildman–Crippen MR) is 106 cm³/mol. The van der Waals surface area contributed by atoms with Crippen LogP contribution >= 0.6 is 11.6 Å². The Balaban J connectivity index is 1.31. The summed E-state index contributed by atoms with van der Waals surface area (Å²) in [6.45, 7) is 0.959. The summed E-state index contributed by atoms with van der Waals surface area (Å²) < 4.78 is 7.64. The monoisotopic (exact) mass is 379 g/mol. The highest BCUT2D eigenvalue weighted by atomic mass is 35.5. The Morgan fingerprint density at radius 1 is 1.33 bits per heavy atom. The Morgan fingerprint density at radius 3 is 3.15 bits per heavy atom. The van der Waals surface area contributed by atoms with Gasteiger partial charge >= 0.3 is 0 Å². The van der Waals surface area contributed by atoms with Crippen molar-refractivity contribution in [2.75, 3.05) is 13.2 Å². The van der Waals surface area contributed by atoms with Crippen molar-refractivity contribution in [3.05, 3.63) is 82.8 Å². The molecule has 0 saturated heterocycles. The van der Waals surface area contributed by atoms with Gasteiger partial charge in [0.05, 0.1) is 5.69 Å². The molecule has 0 unspecified atom stereocenters. The van der Waals surface area contributed by atoms with Crippen LogP contribution in [-0.2, 0) is 11.2 Å². The lowest BCUT2D eigenvalue weighted by Gasteiger charge is -2.16. The molecular formula is C21H18ClN3O2. The number of carbonyl (C=O) groups excluding carboxylic acids is 1. The van der Waals surface area contributed by atoms with Crippen LogP contribution in [0.2, 0.25) is 5.02 Å². The summed E-state index contributed by atoms with van der Waals surface area (Å²) in [5, 5.41) is 3.54. The van der Waals surface area contributed by atoms with Gasteiger partial charge in [-0.3, -0.25) is 4.79 Å². The lowest BCUT2D eigenvalue weighted by atomic mass is 10.1. The minimum absolute atomic E-state index is 0.142. The van der Waals surface area contributed by atoms with Gasteiger partial charge in [-0.15, -0.1) is 0 Å². The van der Waals surface area contributed by atoms with E-state index in [9.17, 15) is 4.79 Å². The lowest BCUT2D eigenvalue weighted by molar-refractivity contribution is -0.116. The molecule has 0 spiro atoms. The number of rotatable bonds is 5. The number of hydrogen-bond acceptors (Lipinski definition) is 3. The second-order valence-corrected chi connectivity index (χ2v) is 6.70. The highest BCUT2D eigenvalue weighted by Gasteiger charge is 2.10. The fraction of sp³-hybridized carbons (Fsp3) is 0.143. The molecule has 1 aliphatic heterocycles. The van der Waals surface area contributed by atoms with Gasteiger partial charge in [0.15, 0.2) is 0 Å². The Hall–Kier alpha value is -3.05. The van der Waals surface area contributed by atoms with Crippen LogP contribution in [-0.4, -0.2) is 28.4 Å². The number of nitrogens with one attached hydrogen (secondary N) is 1. The van der Waals surface area contributed by atoms with Crippen LogP contribution in [0, 0.1) is 0 Å². The van der Waals surface area contributed by atoms with Crippen LogP contribution in [0.3, 0.4) is 0 Å². The molecule has 136 valence electrons. The summed E-state index contributed by atoms with van der Waals surface area (Å²) in [6, 6.07) is 11.4. The van der Waals surface area contributed by atoms with E-state index in [1.54, 1.807) is 12.1 Å². The first-order chi connectivity index (χ1) is 13.2. The SMILES string of the molecule is O=C(/C=C\C1=Cc2cc(Cl)ccc2OC1)NCCc1cn2ccccc2n1. The van der Waals surface area contributed by atoms with E-state index >= 15 is 0 Å². The molecular weight excluding hydrogens is 362 g/mol.